The number of carbonyl (C=O) groups is 1. The van der Waals surface area contributed by atoms with Crippen LogP contribution in [-0.4, -0.2) is 35.1 Å². The zero-order valence-electron chi connectivity index (χ0n) is 14.3. The van der Waals surface area contributed by atoms with Crippen LogP contribution in [0, 0.1) is 17.7 Å². The van der Waals surface area contributed by atoms with Gasteiger partial charge in [-0.2, -0.15) is 0 Å². The number of aryl methyl sites for hydroxylation is 1. The highest BCUT2D eigenvalue weighted by Gasteiger charge is 2.31. The number of aliphatic hydroxyl groups is 1. The van der Waals surface area contributed by atoms with Crippen LogP contribution in [0.5, 0.6) is 0 Å². The Morgan fingerprint density at radius 3 is 2.54 bits per heavy atom. The maximum absolute atomic E-state index is 13.0. The number of benzene rings is 1. The van der Waals surface area contributed by atoms with Gasteiger partial charge in [0.05, 0.1) is 6.10 Å². The number of hydrogen-bond acceptors (Lipinski definition) is 2. The summed E-state index contributed by atoms with van der Waals surface area (Å²) >= 11 is 0. The first kappa shape index (κ1) is 17.4. The van der Waals surface area contributed by atoms with Gasteiger partial charge in [-0.3, -0.25) is 4.79 Å². The molecule has 0 radical (unpaired) electrons. The fraction of sp³-hybridized carbons (Fsp3) is 0.650. The van der Waals surface area contributed by atoms with Crippen molar-refractivity contribution in [1.82, 2.24) is 4.90 Å². The molecule has 1 atom stereocenters. The monoisotopic (exact) mass is 333 g/mol. The van der Waals surface area contributed by atoms with Crippen molar-refractivity contribution in [2.24, 2.45) is 11.8 Å². The lowest BCUT2D eigenvalue weighted by Crippen LogP contribution is -2.44. The molecule has 132 valence electrons. The Morgan fingerprint density at radius 2 is 1.83 bits per heavy atom. The first-order valence-corrected chi connectivity index (χ1v) is 9.33. The van der Waals surface area contributed by atoms with Gasteiger partial charge in [-0.15, -0.1) is 0 Å². The smallest absolute Gasteiger partial charge is 0.225 e. The molecule has 1 aliphatic carbocycles. The number of rotatable bonds is 4. The first-order valence-electron chi connectivity index (χ1n) is 9.33. The SMILES string of the molecule is O=C(C1CCC(O)CC1)N1CCC[C@@H](CCc2ccc(F)cc2)C1. The number of carbonyl (C=O) groups excluding carboxylic acids is 1. The van der Waals surface area contributed by atoms with E-state index in [4.69, 9.17) is 0 Å². The zero-order valence-corrected chi connectivity index (χ0v) is 14.3. The third-order valence-corrected chi connectivity index (χ3v) is 5.63. The summed E-state index contributed by atoms with van der Waals surface area (Å²) < 4.78 is 13.0. The van der Waals surface area contributed by atoms with E-state index >= 15 is 0 Å². The molecule has 0 aromatic heterocycles. The Bertz CT molecular complexity index is 537. The van der Waals surface area contributed by atoms with Gasteiger partial charge in [-0.25, -0.2) is 4.39 Å². The van der Waals surface area contributed by atoms with Gasteiger partial charge in [-0.1, -0.05) is 12.1 Å². The lowest BCUT2D eigenvalue weighted by atomic mass is 9.85. The van der Waals surface area contributed by atoms with Crippen molar-refractivity contribution in [2.45, 2.75) is 57.5 Å². The minimum absolute atomic E-state index is 0.115. The highest BCUT2D eigenvalue weighted by Crippen LogP contribution is 2.29. The second kappa shape index (κ2) is 8.11. The van der Waals surface area contributed by atoms with Crippen LogP contribution < -0.4 is 0 Å². The van der Waals surface area contributed by atoms with Crippen LogP contribution in [0.2, 0.25) is 0 Å². The molecular weight excluding hydrogens is 305 g/mol. The Kier molecular flexibility index (Phi) is 5.88. The highest BCUT2D eigenvalue weighted by molar-refractivity contribution is 5.79. The van der Waals surface area contributed by atoms with Crippen LogP contribution in [-0.2, 0) is 11.2 Å². The Hall–Kier alpha value is -1.42. The molecule has 1 heterocycles. The lowest BCUT2D eigenvalue weighted by Gasteiger charge is -2.36. The second-order valence-corrected chi connectivity index (χ2v) is 7.46. The molecule has 1 aliphatic heterocycles. The molecule has 3 nitrogen and oxygen atoms in total. The second-order valence-electron chi connectivity index (χ2n) is 7.46. The maximum Gasteiger partial charge on any atom is 0.225 e. The topological polar surface area (TPSA) is 40.5 Å². The predicted octanol–water partition coefficient (Wildman–Crippen LogP) is 3.55. The Morgan fingerprint density at radius 1 is 1.12 bits per heavy atom. The van der Waals surface area contributed by atoms with E-state index in [-0.39, 0.29) is 17.8 Å². The molecule has 1 saturated carbocycles. The quantitative estimate of drug-likeness (QED) is 0.915. The molecule has 1 saturated heterocycles. The molecule has 1 aromatic rings. The number of amides is 1. The summed E-state index contributed by atoms with van der Waals surface area (Å²) in [4.78, 5) is 14.8. The molecule has 1 N–H and O–H groups in total. The fourth-order valence-electron chi connectivity index (χ4n) is 4.10. The summed E-state index contributed by atoms with van der Waals surface area (Å²) in [5, 5.41) is 9.61. The number of nitrogens with zero attached hydrogens (tertiary/aromatic N) is 1. The summed E-state index contributed by atoms with van der Waals surface area (Å²) in [5.74, 6) is 0.769. The van der Waals surface area contributed by atoms with Gasteiger partial charge in [0.2, 0.25) is 5.91 Å². The van der Waals surface area contributed by atoms with Crippen molar-refractivity contribution in [3.8, 4) is 0 Å². The standard InChI is InChI=1S/C20H28FNO2/c21-18-9-5-15(6-10-18)3-4-16-2-1-13-22(14-16)20(24)17-7-11-19(23)12-8-17/h5-6,9-10,16-17,19,23H,1-4,7-8,11-14H2/t16-,17?,19?/m0/s1. The van der Waals surface area contributed by atoms with Gasteiger partial charge in [0.25, 0.3) is 0 Å². The summed E-state index contributed by atoms with van der Waals surface area (Å²) in [6.45, 7) is 1.74. The predicted molar refractivity (Wildman–Crippen MR) is 92.0 cm³/mol. The molecule has 1 amide bonds. The largest absolute Gasteiger partial charge is 0.393 e. The Balaban J connectivity index is 1.48. The molecule has 0 bridgehead atoms. The number of aliphatic hydroxyl groups excluding tert-OH is 1. The van der Waals surface area contributed by atoms with Crippen molar-refractivity contribution >= 4 is 5.91 Å². The molecule has 3 rings (SSSR count). The van der Waals surface area contributed by atoms with Crippen LogP contribution in [0.25, 0.3) is 0 Å². The van der Waals surface area contributed by atoms with Crippen molar-refractivity contribution < 1.29 is 14.3 Å². The van der Waals surface area contributed by atoms with E-state index in [1.165, 1.54) is 24.1 Å². The molecule has 24 heavy (non-hydrogen) atoms. The van der Waals surface area contributed by atoms with Crippen LogP contribution in [0.15, 0.2) is 24.3 Å². The maximum atomic E-state index is 13.0. The minimum Gasteiger partial charge on any atom is -0.393 e. The summed E-state index contributed by atoms with van der Waals surface area (Å²) in [5.41, 5.74) is 1.17. The van der Waals surface area contributed by atoms with Crippen molar-refractivity contribution in [2.75, 3.05) is 13.1 Å². The van der Waals surface area contributed by atoms with E-state index in [9.17, 15) is 14.3 Å². The minimum atomic E-state index is -0.209. The van der Waals surface area contributed by atoms with Gasteiger partial charge in [-0.05, 0) is 75.0 Å². The highest BCUT2D eigenvalue weighted by atomic mass is 19.1. The van der Waals surface area contributed by atoms with Crippen LogP contribution in [0.1, 0.15) is 50.5 Å². The summed E-state index contributed by atoms with van der Waals surface area (Å²) in [6, 6.07) is 6.75. The average molecular weight is 333 g/mol. The Labute approximate surface area is 143 Å². The van der Waals surface area contributed by atoms with Crippen LogP contribution in [0.4, 0.5) is 4.39 Å². The van der Waals surface area contributed by atoms with Crippen LogP contribution >= 0.6 is 0 Å². The molecule has 0 unspecified atom stereocenters. The number of piperidine rings is 1. The third kappa shape index (κ3) is 4.56. The summed E-state index contributed by atoms with van der Waals surface area (Å²) in [6.07, 6.45) is 7.23. The van der Waals surface area contributed by atoms with Gasteiger partial charge < -0.3 is 10.0 Å². The van der Waals surface area contributed by atoms with Gasteiger partial charge in [0, 0.05) is 19.0 Å². The molecule has 0 spiro atoms. The molecule has 2 fully saturated rings. The van der Waals surface area contributed by atoms with E-state index < -0.39 is 0 Å². The number of hydrogen-bond donors (Lipinski definition) is 1. The van der Waals surface area contributed by atoms with E-state index in [0.29, 0.717) is 11.8 Å². The number of likely N-dealkylation sites (tertiary alicyclic amines) is 1. The van der Waals surface area contributed by atoms with E-state index in [0.717, 1.165) is 58.0 Å². The van der Waals surface area contributed by atoms with Gasteiger partial charge in [0.1, 0.15) is 5.82 Å². The molecule has 2 aliphatic rings. The zero-order chi connectivity index (χ0) is 16.9. The molecule has 4 heteroatoms. The van der Waals surface area contributed by atoms with Gasteiger partial charge >= 0.3 is 0 Å². The van der Waals surface area contributed by atoms with Gasteiger partial charge in [0.15, 0.2) is 0 Å². The fourth-order valence-corrected chi connectivity index (χ4v) is 4.10. The third-order valence-electron chi connectivity index (χ3n) is 5.63. The average Bonchev–Trinajstić information content (AvgIpc) is 2.61. The van der Waals surface area contributed by atoms with Crippen molar-refractivity contribution in [1.29, 1.82) is 0 Å². The molecule has 1 aromatic carbocycles. The summed E-state index contributed by atoms with van der Waals surface area (Å²) in [7, 11) is 0. The normalized spacial score (nSPS) is 27.9. The van der Waals surface area contributed by atoms with Crippen molar-refractivity contribution in [3.05, 3.63) is 35.6 Å². The van der Waals surface area contributed by atoms with E-state index in [1.54, 1.807) is 0 Å². The molecular formula is C20H28FNO2. The van der Waals surface area contributed by atoms with E-state index in [2.05, 4.69) is 4.90 Å². The first-order chi connectivity index (χ1) is 11.6. The van der Waals surface area contributed by atoms with Crippen molar-refractivity contribution in [3.63, 3.8) is 0 Å². The van der Waals surface area contributed by atoms with Crippen LogP contribution in [0.3, 0.4) is 0 Å². The van der Waals surface area contributed by atoms with E-state index in [1.807, 2.05) is 12.1 Å². The lowest BCUT2D eigenvalue weighted by molar-refractivity contribution is -0.139. The number of halogens is 1.